The molecular weight excluding hydrogens is 346 g/mol. The van der Waals surface area contributed by atoms with E-state index in [0.29, 0.717) is 27.5 Å². The van der Waals surface area contributed by atoms with Crippen molar-refractivity contribution in [3.8, 4) is 11.1 Å². The lowest BCUT2D eigenvalue weighted by Crippen LogP contribution is -2.11. The zero-order chi connectivity index (χ0) is 18.6. The lowest BCUT2D eigenvalue weighted by Gasteiger charge is -2.15. The van der Waals surface area contributed by atoms with Crippen molar-refractivity contribution in [1.29, 1.82) is 5.41 Å². The number of nitrogens with two attached hydrogens (primary N) is 1. The highest BCUT2D eigenvalue weighted by atomic mass is 19.4. The number of benzene rings is 3. The zero-order valence-corrected chi connectivity index (χ0v) is 13.2. The smallest absolute Gasteiger partial charge is 0.383 e. The molecule has 3 aromatic rings. The topological polar surface area (TPSA) is 62.2 Å². The van der Waals surface area contributed by atoms with Crippen LogP contribution in [0, 0.1) is 11.2 Å². The van der Waals surface area contributed by atoms with Gasteiger partial charge in [-0.25, -0.2) is 9.38 Å². The molecule has 0 amide bonds. The number of amidine groups is 2. The molecule has 0 saturated heterocycles. The number of rotatable bonds is 1. The van der Waals surface area contributed by atoms with Gasteiger partial charge in [-0.05, 0) is 46.7 Å². The minimum Gasteiger partial charge on any atom is -0.383 e. The van der Waals surface area contributed by atoms with E-state index in [4.69, 9.17) is 11.1 Å². The van der Waals surface area contributed by atoms with Crippen LogP contribution in [0.4, 0.5) is 17.6 Å². The van der Waals surface area contributed by atoms with Gasteiger partial charge in [0.15, 0.2) is 5.84 Å². The van der Waals surface area contributed by atoms with Crippen molar-refractivity contribution in [2.75, 3.05) is 0 Å². The minimum atomic E-state index is -4.52. The highest BCUT2D eigenvalue weighted by Crippen LogP contribution is 2.39. The van der Waals surface area contributed by atoms with Crippen molar-refractivity contribution >= 4 is 22.4 Å². The number of hydrogen-bond acceptors (Lipinski definition) is 2. The Kier molecular flexibility index (Phi) is 3.37. The van der Waals surface area contributed by atoms with Crippen LogP contribution in [0.1, 0.15) is 16.7 Å². The average Bonchev–Trinajstić information content (AvgIpc) is 2.86. The standard InChI is InChI=1S/C19H11F4N3/c20-12-5-4-9-7-14-16(18(25)26-17(14)24)15(13(9)8-12)10-2-1-3-11(6-10)19(21,22)23/h1-8H,(H3,24,25,26). The Balaban J connectivity index is 2.11. The van der Waals surface area contributed by atoms with Crippen LogP contribution < -0.4 is 5.73 Å². The van der Waals surface area contributed by atoms with E-state index in [-0.39, 0.29) is 17.2 Å². The maximum absolute atomic E-state index is 13.8. The quantitative estimate of drug-likeness (QED) is 0.609. The van der Waals surface area contributed by atoms with Crippen molar-refractivity contribution in [3.63, 3.8) is 0 Å². The van der Waals surface area contributed by atoms with E-state index in [1.807, 2.05) is 0 Å². The van der Waals surface area contributed by atoms with E-state index in [2.05, 4.69) is 4.99 Å². The maximum Gasteiger partial charge on any atom is 0.416 e. The first-order valence-electron chi connectivity index (χ1n) is 7.63. The van der Waals surface area contributed by atoms with E-state index in [9.17, 15) is 17.6 Å². The summed E-state index contributed by atoms with van der Waals surface area (Å²) in [4.78, 5) is 3.92. The van der Waals surface area contributed by atoms with Crippen LogP contribution in [0.25, 0.3) is 21.9 Å². The Morgan fingerprint density at radius 2 is 1.73 bits per heavy atom. The molecule has 3 nitrogen and oxygen atoms in total. The molecule has 0 atom stereocenters. The first-order chi connectivity index (χ1) is 12.3. The van der Waals surface area contributed by atoms with Gasteiger partial charge in [0.05, 0.1) is 5.56 Å². The summed E-state index contributed by atoms with van der Waals surface area (Å²) < 4.78 is 53.2. The largest absolute Gasteiger partial charge is 0.416 e. The van der Waals surface area contributed by atoms with Crippen LogP contribution >= 0.6 is 0 Å². The van der Waals surface area contributed by atoms with E-state index in [1.165, 1.54) is 30.3 Å². The van der Waals surface area contributed by atoms with Gasteiger partial charge in [-0.2, -0.15) is 13.2 Å². The van der Waals surface area contributed by atoms with Gasteiger partial charge < -0.3 is 5.73 Å². The summed E-state index contributed by atoms with van der Waals surface area (Å²) in [5, 5.41) is 9.08. The second kappa shape index (κ2) is 5.39. The molecule has 26 heavy (non-hydrogen) atoms. The van der Waals surface area contributed by atoms with Gasteiger partial charge in [0, 0.05) is 16.7 Å². The van der Waals surface area contributed by atoms with E-state index in [1.54, 1.807) is 6.07 Å². The third-order valence-corrected chi connectivity index (χ3v) is 4.33. The molecule has 1 heterocycles. The van der Waals surface area contributed by atoms with Gasteiger partial charge in [-0.3, -0.25) is 5.41 Å². The van der Waals surface area contributed by atoms with Gasteiger partial charge in [-0.15, -0.1) is 0 Å². The summed E-state index contributed by atoms with van der Waals surface area (Å²) in [5.41, 5.74) is 6.34. The van der Waals surface area contributed by atoms with Gasteiger partial charge in [-0.1, -0.05) is 18.2 Å². The molecule has 0 aromatic heterocycles. The Morgan fingerprint density at radius 1 is 0.962 bits per heavy atom. The third kappa shape index (κ3) is 2.44. The number of nitrogens with zero attached hydrogens (tertiary/aromatic N) is 1. The van der Waals surface area contributed by atoms with Crippen LogP contribution in [0.3, 0.4) is 0 Å². The van der Waals surface area contributed by atoms with Crippen LogP contribution in [0.5, 0.6) is 0 Å². The monoisotopic (exact) mass is 357 g/mol. The van der Waals surface area contributed by atoms with Crippen LogP contribution in [-0.4, -0.2) is 11.7 Å². The molecule has 130 valence electrons. The van der Waals surface area contributed by atoms with Gasteiger partial charge in [0.25, 0.3) is 0 Å². The molecule has 4 rings (SSSR count). The minimum absolute atomic E-state index is 0.115. The van der Waals surface area contributed by atoms with Gasteiger partial charge in [0.2, 0.25) is 0 Å². The molecule has 0 fully saturated rings. The molecule has 1 aliphatic rings. The average molecular weight is 357 g/mol. The zero-order valence-electron chi connectivity index (χ0n) is 13.2. The normalized spacial score (nSPS) is 13.8. The summed E-state index contributed by atoms with van der Waals surface area (Å²) in [6, 6.07) is 10.4. The van der Waals surface area contributed by atoms with E-state index < -0.39 is 17.6 Å². The molecular formula is C19H11F4N3. The van der Waals surface area contributed by atoms with Crippen molar-refractivity contribution in [1.82, 2.24) is 0 Å². The lowest BCUT2D eigenvalue weighted by atomic mass is 9.89. The molecule has 7 heteroatoms. The van der Waals surface area contributed by atoms with Crippen LogP contribution in [-0.2, 0) is 6.18 Å². The summed E-state index contributed by atoms with van der Waals surface area (Å²) >= 11 is 0. The molecule has 1 aliphatic heterocycles. The van der Waals surface area contributed by atoms with Gasteiger partial charge >= 0.3 is 6.18 Å². The molecule has 3 aromatic carbocycles. The molecule has 0 unspecified atom stereocenters. The summed E-state index contributed by atoms with van der Waals surface area (Å²) in [6.07, 6.45) is -4.52. The Hall–Kier alpha value is -3.22. The van der Waals surface area contributed by atoms with E-state index in [0.717, 1.165) is 12.1 Å². The molecule has 0 radical (unpaired) electrons. The van der Waals surface area contributed by atoms with Crippen LogP contribution in [0.2, 0.25) is 0 Å². The molecule has 0 bridgehead atoms. The second-order valence-electron chi connectivity index (χ2n) is 5.96. The fourth-order valence-electron chi connectivity index (χ4n) is 3.20. The summed E-state index contributed by atoms with van der Waals surface area (Å²) in [5.74, 6) is -0.565. The molecule has 3 N–H and O–H groups in total. The van der Waals surface area contributed by atoms with E-state index >= 15 is 0 Å². The molecule has 0 spiro atoms. The first-order valence-corrected chi connectivity index (χ1v) is 7.63. The number of halogens is 4. The van der Waals surface area contributed by atoms with Crippen molar-refractivity contribution in [2.45, 2.75) is 6.18 Å². The van der Waals surface area contributed by atoms with Crippen molar-refractivity contribution < 1.29 is 17.6 Å². The molecule has 0 aliphatic carbocycles. The Morgan fingerprint density at radius 3 is 2.46 bits per heavy atom. The first kappa shape index (κ1) is 16.3. The number of aliphatic imine (C=N–C) groups is 1. The Labute approximate surface area is 145 Å². The number of hydrogen-bond donors (Lipinski definition) is 2. The summed E-state index contributed by atoms with van der Waals surface area (Å²) in [7, 11) is 0. The Bertz CT molecular complexity index is 1110. The number of nitrogens with one attached hydrogen (secondary N) is 1. The predicted molar refractivity (Wildman–Crippen MR) is 91.9 cm³/mol. The predicted octanol–water partition coefficient (Wildman–Crippen LogP) is 4.71. The highest BCUT2D eigenvalue weighted by molar-refractivity contribution is 6.26. The summed E-state index contributed by atoms with van der Waals surface area (Å²) in [6.45, 7) is 0. The van der Waals surface area contributed by atoms with Gasteiger partial charge in [0.1, 0.15) is 11.7 Å². The fourth-order valence-corrected chi connectivity index (χ4v) is 3.20. The lowest BCUT2D eigenvalue weighted by molar-refractivity contribution is -0.137. The number of fused-ring (bicyclic) bond motifs is 2. The SMILES string of the molecule is N=C1N=C(N)c2cc3ccc(F)cc3c(-c3cccc(C(F)(F)F)c3)c21. The third-order valence-electron chi connectivity index (χ3n) is 4.33. The van der Waals surface area contributed by atoms with Crippen molar-refractivity contribution in [3.05, 3.63) is 71.0 Å². The highest BCUT2D eigenvalue weighted by Gasteiger charge is 2.31. The fraction of sp³-hybridized carbons (Fsp3) is 0.0526. The second-order valence-corrected chi connectivity index (χ2v) is 5.96. The van der Waals surface area contributed by atoms with Crippen LogP contribution in [0.15, 0.2) is 53.5 Å². The van der Waals surface area contributed by atoms with Crippen molar-refractivity contribution in [2.24, 2.45) is 10.7 Å². The molecule has 0 saturated carbocycles. The maximum atomic E-state index is 13.8. The number of alkyl halides is 3.